The van der Waals surface area contributed by atoms with Crippen molar-refractivity contribution in [3.63, 3.8) is 0 Å². The summed E-state index contributed by atoms with van der Waals surface area (Å²) in [6.07, 6.45) is -10.3. The first kappa shape index (κ1) is 39.5. The van der Waals surface area contributed by atoms with E-state index in [1.807, 2.05) is 0 Å². The van der Waals surface area contributed by atoms with E-state index < -0.39 is 101 Å². The molecule has 0 radical (unpaired) electrons. The highest BCUT2D eigenvalue weighted by atomic mass is 16.6. The van der Waals surface area contributed by atoms with Crippen LogP contribution < -0.4 is 5.32 Å². The van der Waals surface area contributed by atoms with Crippen molar-refractivity contribution >= 4 is 23.6 Å². The third-order valence-electron chi connectivity index (χ3n) is 12.9. The monoisotopic (exact) mass is 769 g/mol. The van der Waals surface area contributed by atoms with Gasteiger partial charge in [-0.05, 0) is 54.8 Å². The minimum absolute atomic E-state index is 0.0351. The SMILES string of the molecule is CC1=C2C(O)C(=O)[C@]3(C)C(O)CC4OCC4(O)C3C(OC(=O)c3ccccc3)C(O)(CC1OC(=O)C(O)C(NC(=O)c1ccccc1)c1ccccc1)C2(C)C. The number of ketones is 1. The quantitative estimate of drug-likeness (QED) is 0.144. The van der Waals surface area contributed by atoms with E-state index in [9.17, 15) is 44.7 Å². The van der Waals surface area contributed by atoms with Gasteiger partial charge in [0.25, 0.3) is 5.91 Å². The van der Waals surface area contributed by atoms with E-state index in [-0.39, 0.29) is 35.3 Å². The van der Waals surface area contributed by atoms with Gasteiger partial charge in [-0.25, -0.2) is 9.59 Å². The van der Waals surface area contributed by atoms with Crippen LogP contribution in [0, 0.1) is 16.7 Å². The summed E-state index contributed by atoms with van der Waals surface area (Å²) in [7, 11) is 0. The van der Waals surface area contributed by atoms with Crippen molar-refractivity contribution in [1.82, 2.24) is 5.32 Å². The molecule has 1 aliphatic heterocycles. The summed E-state index contributed by atoms with van der Waals surface area (Å²) >= 11 is 0. The van der Waals surface area contributed by atoms with Gasteiger partial charge in [-0.3, -0.25) is 9.59 Å². The zero-order chi connectivity index (χ0) is 40.4. The molecule has 0 spiro atoms. The number of ether oxygens (including phenoxy) is 3. The number of aliphatic hydroxyl groups excluding tert-OH is 3. The molecular formula is C43H47NO12. The number of esters is 2. The summed E-state index contributed by atoms with van der Waals surface area (Å²) in [5.41, 5.74) is -6.83. The minimum atomic E-state index is -2.30. The first-order valence-corrected chi connectivity index (χ1v) is 18.7. The predicted molar refractivity (Wildman–Crippen MR) is 199 cm³/mol. The molecule has 6 N–H and O–H groups in total. The van der Waals surface area contributed by atoms with Gasteiger partial charge in [-0.1, -0.05) is 80.6 Å². The van der Waals surface area contributed by atoms with Crippen molar-refractivity contribution in [2.45, 2.75) is 94.4 Å². The van der Waals surface area contributed by atoms with E-state index in [4.69, 9.17) is 14.2 Å². The van der Waals surface area contributed by atoms with Crippen LogP contribution in [0.3, 0.4) is 0 Å². The lowest BCUT2D eigenvalue weighted by Crippen LogP contribution is -2.81. The van der Waals surface area contributed by atoms with Gasteiger partial charge >= 0.3 is 11.9 Å². The van der Waals surface area contributed by atoms with Gasteiger partial charge in [0, 0.05) is 29.7 Å². The molecule has 56 heavy (non-hydrogen) atoms. The van der Waals surface area contributed by atoms with Gasteiger partial charge in [0.2, 0.25) is 0 Å². The Hall–Kier alpha value is -4.76. The molecule has 3 fully saturated rings. The number of carbonyl (C=O) groups excluding carboxylic acids is 4. The van der Waals surface area contributed by atoms with Gasteiger partial charge in [-0.2, -0.15) is 0 Å². The fourth-order valence-corrected chi connectivity index (χ4v) is 9.54. The van der Waals surface area contributed by atoms with Gasteiger partial charge in [0.05, 0.1) is 35.8 Å². The number of Topliss-reactive ketones (excluding diaryl/α,β-unsaturated/α-hetero) is 1. The van der Waals surface area contributed by atoms with Crippen molar-refractivity contribution in [2.24, 2.45) is 16.7 Å². The zero-order valence-corrected chi connectivity index (χ0v) is 31.5. The molecule has 3 aliphatic carbocycles. The predicted octanol–water partition coefficient (Wildman–Crippen LogP) is 2.59. The number of hydrogen-bond donors (Lipinski definition) is 6. The lowest BCUT2D eigenvalue weighted by Gasteiger charge is -2.66. The second-order valence-corrected chi connectivity index (χ2v) is 16.2. The molecular weight excluding hydrogens is 722 g/mol. The zero-order valence-electron chi connectivity index (χ0n) is 31.5. The average molecular weight is 770 g/mol. The van der Waals surface area contributed by atoms with Crippen molar-refractivity contribution < 1.29 is 58.9 Å². The van der Waals surface area contributed by atoms with E-state index in [1.54, 1.807) is 92.7 Å². The number of carbonyl (C=O) groups is 4. The lowest BCUT2D eigenvalue weighted by atomic mass is 9.44. The number of amides is 1. The maximum atomic E-state index is 14.7. The molecule has 296 valence electrons. The highest BCUT2D eigenvalue weighted by molar-refractivity contribution is 5.95. The summed E-state index contributed by atoms with van der Waals surface area (Å²) in [4.78, 5) is 56.0. The average Bonchev–Trinajstić information content (AvgIpc) is 3.19. The third-order valence-corrected chi connectivity index (χ3v) is 12.9. The summed E-state index contributed by atoms with van der Waals surface area (Å²) in [6.45, 7) is 5.72. The van der Waals surface area contributed by atoms with Crippen LogP contribution in [-0.2, 0) is 23.8 Å². The molecule has 1 amide bonds. The Kier molecular flexibility index (Phi) is 10.1. The van der Waals surface area contributed by atoms with Crippen LogP contribution in [0.25, 0.3) is 0 Å². The molecule has 3 aromatic rings. The van der Waals surface area contributed by atoms with Crippen LogP contribution in [-0.4, -0.2) is 104 Å². The van der Waals surface area contributed by atoms with Crippen LogP contribution in [0.15, 0.2) is 102 Å². The summed E-state index contributed by atoms with van der Waals surface area (Å²) in [6, 6.07) is 23.2. The van der Waals surface area contributed by atoms with Crippen LogP contribution in [0.1, 0.15) is 72.9 Å². The van der Waals surface area contributed by atoms with E-state index in [2.05, 4.69) is 5.32 Å². The van der Waals surface area contributed by atoms with Gasteiger partial charge in [-0.15, -0.1) is 0 Å². The smallest absolute Gasteiger partial charge is 0.338 e. The second-order valence-electron chi connectivity index (χ2n) is 16.2. The van der Waals surface area contributed by atoms with Gasteiger partial charge < -0.3 is 45.1 Å². The fraction of sp³-hybridized carbons (Fsp3) is 0.442. The molecule has 3 aromatic carbocycles. The Morgan fingerprint density at radius 2 is 1.43 bits per heavy atom. The molecule has 2 bridgehead atoms. The molecule has 1 heterocycles. The van der Waals surface area contributed by atoms with Crippen molar-refractivity contribution in [3.05, 3.63) is 119 Å². The molecule has 2 saturated carbocycles. The van der Waals surface area contributed by atoms with Crippen LogP contribution in [0.5, 0.6) is 0 Å². The number of hydrogen-bond acceptors (Lipinski definition) is 12. The Morgan fingerprint density at radius 3 is 2.00 bits per heavy atom. The Balaban J connectivity index is 1.31. The van der Waals surface area contributed by atoms with Crippen molar-refractivity contribution in [3.8, 4) is 0 Å². The van der Waals surface area contributed by atoms with Crippen molar-refractivity contribution in [2.75, 3.05) is 6.61 Å². The van der Waals surface area contributed by atoms with E-state index in [0.29, 0.717) is 5.56 Å². The van der Waals surface area contributed by atoms with E-state index in [0.717, 1.165) is 0 Å². The van der Waals surface area contributed by atoms with Crippen LogP contribution >= 0.6 is 0 Å². The normalized spacial score (nSPS) is 34.3. The Labute approximate surface area is 323 Å². The number of rotatable bonds is 8. The number of benzene rings is 3. The van der Waals surface area contributed by atoms with Gasteiger partial charge in [0.1, 0.15) is 29.5 Å². The first-order chi connectivity index (χ1) is 26.5. The number of aliphatic hydroxyl groups is 5. The summed E-state index contributed by atoms with van der Waals surface area (Å²) in [5, 5.41) is 63.6. The molecule has 10 unspecified atom stereocenters. The first-order valence-electron chi connectivity index (χ1n) is 18.7. The highest BCUT2D eigenvalue weighted by Crippen LogP contribution is 2.63. The molecule has 4 aliphatic rings. The Morgan fingerprint density at radius 1 is 0.857 bits per heavy atom. The molecule has 13 heteroatoms. The number of nitrogens with one attached hydrogen (secondary N) is 1. The van der Waals surface area contributed by atoms with Crippen LogP contribution in [0.2, 0.25) is 0 Å². The number of fused-ring (bicyclic) bond motifs is 5. The van der Waals surface area contributed by atoms with Gasteiger partial charge in [0.15, 0.2) is 11.9 Å². The maximum absolute atomic E-state index is 14.7. The standard InChI is InChI=1S/C43H47NO12/c1-23-27(55-39(51)33(47)31(24-14-8-5-9-15-24)44-37(49)25-16-10-6-11-17-25)21-43(53)36(56-38(50)26-18-12-7-13-19-26)34-41(4,28(45)20-29-42(34,52)22-54-29)35(48)32(46)30(23)40(43,2)3/h5-19,27-29,31-34,36,45-47,52-53H,20-22H2,1-4H3,(H,44,49)/t27?,28?,29?,31?,32?,33?,34?,36?,41-,42?,43?/m1/s1. The molecule has 13 nitrogen and oxygen atoms in total. The maximum Gasteiger partial charge on any atom is 0.338 e. The van der Waals surface area contributed by atoms with Crippen molar-refractivity contribution in [1.29, 1.82) is 0 Å². The van der Waals surface area contributed by atoms with E-state index >= 15 is 0 Å². The molecule has 7 rings (SSSR count). The third kappa shape index (κ3) is 6.08. The minimum Gasteiger partial charge on any atom is -0.456 e. The fourth-order valence-electron chi connectivity index (χ4n) is 9.54. The molecule has 1 saturated heterocycles. The lowest BCUT2D eigenvalue weighted by molar-refractivity contribution is -0.343. The molecule has 0 aromatic heterocycles. The topological polar surface area (TPSA) is 209 Å². The highest BCUT2D eigenvalue weighted by Gasteiger charge is 2.76. The summed E-state index contributed by atoms with van der Waals surface area (Å²) < 4.78 is 17.9. The summed E-state index contributed by atoms with van der Waals surface area (Å²) in [5.74, 6) is -5.07. The second kappa shape index (κ2) is 14.3. The Bertz CT molecular complexity index is 2040. The van der Waals surface area contributed by atoms with E-state index in [1.165, 1.54) is 26.0 Å². The van der Waals surface area contributed by atoms with Crippen LogP contribution in [0.4, 0.5) is 0 Å². The molecule has 11 atom stereocenters. The largest absolute Gasteiger partial charge is 0.456 e.